The number of hydrogen-bond acceptors (Lipinski definition) is 2. The normalized spacial score (nSPS) is 10.9. The van der Waals surface area contributed by atoms with Crippen LogP contribution in [-0.4, -0.2) is 4.98 Å². The average molecular weight is 239 g/mol. The van der Waals surface area contributed by atoms with Crippen LogP contribution in [0.2, 0.25) is 0 Å². The van der Waals surface area contributed by atoms with Crippen molar-refractivity contribution in [3.05, 3.63) is 53.0 Å². The SMILES string of the molecule is Cc1cc(C)cc(-c2nccc3sccc23)c1. The van der Waals surface area contributed by atoms with Crippen LogP contribution in [0.3, 0.4) is 0 Å². The molecule has 17 heavy (non-hydrogen) atoms. The van der Waals surface area contributed by atoms with Crippen molar-refractivity contribution < 1.29 is 0 Å². The predicted octanol–water partition coefficient (Wildman–Crippen LogP) is 4.58. The molecule has 0 bridgehead atoms. The Morgan fingerprint density at radius 3 is 2.53 bits per heavy atom. The van der Waals surface area contributed by atoms with Gasteiger partial charge in [-0.1, -0.05) is 17.2 Å². The maximum absolute atomic E-state index is 4.54. The molecule has 0 amide bonds. The monoisotopic (exact) mass is 239 g/mol. The third-order valence-electron chi connectivity index (χ3n) is 2.87. The number of pyridine rings is 1. The number of aryl methyl sites for hydroxylation is 2. The lowest BCUT2D eigenvalue weighted by molar-refractivity contribution is 1.33. The average Bonchev–Trinajstić information content (AvgIpc) is 2.75. The molecule has 3 aromatic rings. The summed E-state index contributed by atoms with van der Waals surface area (Å²) in [5.74, 6) is 0. The minimum atomic E-state index is 1.09. The van der Waals surface area contributed by atoms with Crippen LogP contribution in [-0.2, 0) is 0 Å². The molecule has 0 saturated carbocycles. The van der Waals surface area contributed by atoms with E-state index in [1.54, 1.807) is 11.3 Å². The summed E-state index contributed by atoms with van der Waals surface area (Å²) in [6.07, 6.45) is 1.89. The lowest BCUT2D eigenvalue weighted by Crippen LogP contribution is -1.86. The molecule has 2 heterocycles. The highest BCUT2D eigenvalue weighted by atomic mass is 32.1. The van der Waals surface area contributed by atoms with Crippen molar-refractivity contribution in [3.63, 3.8) is 0 Å². The molecular weight excluding hydrogens is 226 g/mol. The summed E-state index contributed by atoms with van der Waals surface area (Å²) < 4.78 is 1.30. The van der Waals surface area contributed by atoms with Crippen molar-refractivity contribution in [2.24, 2.45) is 0 Å². The Kier molecular flexibility index (Phi) is 2.45. The van der Waals surface area contributed by atoms with Crippen molar-refractivity contribution in [2.45, 2.75) is 13.8 Å². The van der Waals surface area contributed by atoms with Gasteiger partial charge in [-0.15, -0.1) is 11.3 Å². The summed E-state index contributed by atoms with van der Waals surface area (Å²) in [5.41, 5.74) is 4.88. The smallest absolute Gasteiger partial charge is 0.0788 e. The first-order valence-corrected chi connectivity index (χ1v) is 6.53. The molecule has 0 unspecified atom stereocenters. The van der Waals surface area contributed by atoms with Crippen LogP contribution in [0.25, 0.3) is 21.3 Å². The van der Waals surface area contributed by atoms with E-state index >= 15 is 0 Å². The Morgan fingerprint density at radius 1 is 1.00 bits per heavy atom. The van der Waals surface area contributed by atoms with Gasteiger partial charge in [0.2, 0.25) is 0 Å². The summed E-state index contributed by atoms with van der Waals surface area (Å²) in [6, 6.07) is 10.8. The molecule has 0 aliphatic rings. The summed E-state index contributed by atoms with van der Waals surface area (Å²) in [5, 5.41) is 3.38. The highest BCUT2D eigenvalue weighted by molar-refractivity contribution is 7.17. The van der Waals surface area contributed by atoms with E-state index in [2.05, 4.69) is 54.5 Å². The third-order valence-corrected chi connectivity index (χ3v) is 3.76. The van der Waals surface area contributed by atoms with Crippen molar-refractivity contribution in [2.75, 3.05) is 0 Å². The summed E-state index contributed by atoms with van der Waals surface area (Å²) in [7, 11) is 0. The molecule has 0 radical (unpaired) electrons. The van der Waals surface area contributed by atoms with E-state index in [1.807, 2.05) is 6.20 Å². The molecule has 0 N–H and O–H groups in total. The third kappa shape index (κ3) is 1.85. The fourth-order valence-electron chi connectivity index (χ4n) is 2.24. The van der Waals surface area contributed by atoms with Gasteiger partial charge in [-0.3, -0.25) is 4.98 Å². The molecule has 1 nitrogen and oxygen atoms in total. The van der Waals surface area contributed by atoms with Gasteiger partial charge in [-0.05, 0) is 43.5 Å². The van der Waals surface area contributed by atoms with Crippen molar-refractivity contribution >= 4 is 21.4 Å². The van der Waals surface area contributed by atoms with Crippen molar-refractivity contribution in [1.29, 1.82) is 0 Å². The van der Waals surface area contributed by atoms with Crippen LogP contribution in [0, 0.1) is 13.8 Å². The molecule has 2 heteroatoms. The van der Waals surface area contributed by atoms with E-state index < -0.39 is 0 Å². The van der Waals surface area contributed by atoms with E-state index in [9.17, 15) is 0 Å². The van der Waals surface area contributed by atoms with E-state index in [-0.39, 0.29) is 0 Å². The second-order valence-electron chi connectivity index (χ2n) is 4.37. The predicted molar refractivity (Wildman–Crippen MR) is 74.5 cm³/mol. The molecule has 0 spiro atoms. The molecule has 0 aliphatic heterocycles. The molecule has 0 atom stereocenters. The molecule has 1 aromatic carbocycles. The second-order valence-corrected chi connectivity index (χ2v) is 5.32. The van der Waals surface area contributed by atoms with Crippen LogP contribution in [0.15, 0.2) is 41.9 Å². The zero-order chi connectivity index (χ0) is 11.8. The highest BCUT2D eigenvalue weighted by Crippen LogP contribution is 2.30. The molecule has 0 saturated heterocycles. The minimum Gasteiger partial charge on any atom is -0.256 e. The number of aromatic nitrogens is 1. The summed E-state index contributed by atoms with van der Waals surface area (Å²) in [6.45, 7) is 4.26. The number of benzene rings is 1. The number of rotatable bonds is 1. The maximum Gasteiger partial charge on any atom is 0.0788 e. The quantitative estimate of drug-likeness (QED) is 0.605. The van der Waals surface area contributed by atoms with Crippen LogP contribution >= 0.6 is 11.3 Å². The van der Waals surface area contributed by atoms with Gasteiger partial charge in [0.1, 0.15) is 0 Å². The minimum absolute atomic E-state index is 1.09. The molecule has 0 fully saturated rings. The van der Waals surface area contributed by atoms with Gasteiger partial charge in [-0.25, -0.2) is 0 Å². The largest absolute Gasteiger partial charge is 0.256 e. The fraction of sp³-hybridized carbons (Fsp3) is 0.133. The Morgan fingerprint density at radius 2 is 1.76 bits per heavy atom. The number of fused-ring (bicyclic) bond motifs is 1. The first kappa shape index (κ1) is 10.5. The first-order valence-electron chi connectivity index (χ1n) is 5.65. The van der Waals surface area contributed by atoms with Crippen LogP contribution in [0.5, 0.6) is 0 Å². The standard InChI is InChI=1S/C15H13NS/c1-10-7-11(2)9-12(8-10)15-13-4-6-17-14(13)3-5-16-15/h3-9H,1-2H3. The topological polar surface area (TPSA) is 12.9 Å². The van der Waals surface area contributed by atoms with Gasteiger partial charge < -0.3 is 0 Å². The zero-order valence-corrected chi connectivity index (χ0v) is 10.7. The lowest BCUT2D eigenvalue weighted by atomic mass is 10.0. The van der Waals surface area contributed by atoms with Crippen molar-refractivity contribution in [1.82, 2.24) is 4.98 Å². The summed E-state index contributed by atoms with van der Waals surface area (Å²) in [4.78, 5) is 4.54. The number of thiophene rings is 1. The summed E-state index contributed by atoms with van der Waals surface area (Å²) >= 11 is 1.76. The number of hydrogen-bond donors (Lipinski definition) is 0. The van der Waals surface area contributed by atoms with Crippen LogP contribution in [0.4, 0.5) is 0 Å². The van der Waals surface area contributed by atoms with E-state index in [1.165, 1.54) is 26.8 Å². The second kappa shape index (κ2) is 3.97. The first-order chi connectivity index (χ1) is 8.24. The molecule has 0 aliphatic carbocycles. The van der Waals surface area contributed by atoms with Gasteiger partial charge >= 0.3 is 0 Å². The van der Waals surface area contributed by atoms with Gasteiger partial charge in [0.15, 0.2) is 0 Å². The molecule has 84 valence electrons. The Hall–Kier alpha value is -1.67. The zero-order valence-electron chi connectivity index (χ0n) is 9.90. The Bertz CT molecular complexity index is 662. The Balaban J connectivity index is 2.30. The molecule has 2 aromatic heterocycles. The van der Waals surface area contributed by atoms with Crippen molar-refractivity contribution in [3.8, 4) is 11.3 Å². The van der Waals surface area contributed by atoms with E-state index in [4.69, 9.17) is 0 Å². The highest BCUT2D eigenvalue weighted by Gasteiger charge is 2.06. The molecular formula is C15H13NS. The van der Waals surface area contributed by atoms with Gasteiger partial charge in [0.25, 0.3) is 0 Å². The lowest BCUT2D eigenvalue weighted by Gasteiger charge is -2.05. The van der Waals surface area contributed by atoms with E-state index in [0.29, 0.717) is 0 Å². The van der Waals surface area contributed by atoms with Gasteiger partial charge in [0.05, 0.1) is 5.69 Å². The van der Waals surface area contributed by atoms with Crippen LogP contribution < -0.4 is 0 Å². The molecule has 3 rings (SSSR count). The fourth-order valence-corrected chi connectivity index (χ4v) is 3.02. The Labute approximate surface area is 105 Å². The van der Waals surface area contributed by atoms with Gasteiger partial charge in [-0.2, -0.15) is 0 Å². The van der Waals surface area contributed by atoms with Gasteiger partial charge in [0, 0.05) is 21.8 Å². The van der Waals surface area contributed by atoms with Crippen LogP contribution in [0.1, 0.15) is 11.1 Å². The van der Waals surface area contributed by atoms with E-state index in [0.717, 1.165) is 5.69 Å². The maximum atomic E-state index is 4.54. The number of nitrogens with zero attached hydrogens (tertiary/aromatic N) is 1.